The van der Waals surface area contributed by atoms with E-state index in [2.05, 4.69) is 18.7 Å². The maximum Gasteiger partial charge on any atom is 0.254 e. The van der Waals surface area contributed by atoms with E-state index in [1.54, 1.807) is 0 Å². The van der Waals surface area contributed by atoms with Crippen LogP contribution in [0.25, 0.3) is 0 Å². The maximum atomic E-state index is 13.1. The van der Waals surface area contributed by atoms with Crippen LogP contribution in [0.4, 0.5) is 0 Å². The predicted octanol–water partition coefficient (Wildman–Crippen LogP) is 3.96. The van der Waals surface area contributed by atoms with Crippen LogP contribution in [0.2, 0.25) is 0 Å². The average molecular weight is 375 g/mol. The molecule has 5 nitrogen and oxygen atoms in total. The molecule has 27 heavy (non-hydrogen) atoms. The van der Waals surface area contributed by atoms with Crippen molar-refractivity contribution in [3.8, 4) is 11.5 Å². The molecule has 0 saturated carbocycles. The summed E-state index contributed by atoms with van der Waals surface area (Å²) in [5, 5.41) is 0. The van der Waals surface area contributed by atoms with E-state index in [9.17, 15) is 4.79 Å². The number of carbonyl (C=O) groups is 1. The van der Waals surface area contributed by atoms with Crippen molar-refractivity contribution in [1.82, 2.24) is 9.80 Å². The normalized spacial score (nSPS) is 20.7. The lowest BCUT2D eigenvalue weighted by Crippen LogP contribution is -2.49. The van der Waals surface area contributed by atoms with Gasteiger partial charge in [0.25, 0.3) is 5.91 Å². The highest BCUT2D eigenvalue weighted by Gasteiger charge is 2.30. The van der Waals surface area contributed by atoms with E-state index in [0.29, 0.717) is 30.6 Å². The van der Waals surface area contributed by atoms with Crippen molar-refractivity contribution in [1.29, 1.82) is 0 Å². The minimum Gasteiger partial charge on any atom is -0.490 e. The smallest absolute Gasteiger partial charge is 0.254 e. The number of likely N-dealkylation sites (tertiary alicyclic amines) is 2. The second-order valence-electron chi connectivity index (χ2n) is 7.65. The van der Waals surface area contributed by atoms with Crippen molar-refractivity contribution in [2.45, 2.75) is 58.4 Å². The molecule has 0 bridgehead atoms. The van der Waals surface area contributed by atoms with Gasteiger partial charge < -0.3 is 14.4 Å². The van der Waals surface area contributed by atoms with E-state index in [1.807, 2.05) is 23.1 Å². The number of piperidine rings is 1. The molecule has 1 atom stereocenters. The Morgan fingerprint density at radius 3 is 2.41 bits per heavy atom. The van der Waals surface area contributed by atoms with Crippen molar-refractivity contribution >= 4 is 5.91 Å². The zero-order valence-corrected chi connectivity index (χ0v) is 16.9. The van der Waals surface area contributed by atoms with Crippen LogP contribution < -0.4 is 9.47 Å². The molecule has 2 fully saturated rings. The standard InChI is InChI=1S/C22H34N2O3/c1-3-14-26-20-10-9-18(16-21(20)27-15-4-2)22(25)24-13-7-8-19(17-24)23-11-5-6-12-23/h9-10,16,19H,3-8,11-15,17H2,1-2H3. The quantitative estimate of drug-likeness (QED) is 0.691. The first-order valence-electron chi connectivity index (χ1n) is 10.7. The van der Waals surface area contributed by atoms with Gasteiger partial charge in [0.1, 0.15) is 0 Å². The van der Waals surface area contributed by atoms with E-state index in [0.717, 1.165) is 38.1 Å². The number of benzene rings is 1. The van der Waals surface area contributed by atoms with Gasteiger partial charge in [0.15, 0.2) is 11.5 Å². The van der Waals surface area contributed by atoms with Crippen LogP contribution in [0, 0.1) is 0 Å². The molecule has 0 spiro atoms. The van der Waals surface area contributed by atoms with Gasteiger partial charge >= 0.3 is 0 Å². The van der Waals surface area contributed by atoms with Crippen LogP contribution in [0.3, 0.4) is 0 Å². The summed E-state index contributed by atoms with van der Waals surface area (Å²) < 4.78 is 11.7. The lowest BCUT2D eigenvalue weighted by molar-refractivity contribution is 0.0607. The fraction of sp³-hybridized carbons (Fsp3) is 0.682. The van der Waals surface area contributed by atoms with Crippen molar-refractivity contribution in [3.05, 3.63) is 23.8 Å². The van der Waals surface area contributed by atoms with Gasteiger partial charge in [-0.25, -0.2) is 0 Å². The third-order valence-corrected chi connectivity index (χ3v) is 5.45. The van der Waals surface area contributed by atoms with E-state index in [-0.39, 0.29) is 5.91 Å². The highest BCUT2D eigenvalue weighted by atomic mass is 16.5. The summed E-state index contributed by atoms with van der Waals surface area (Å²) >= 11 is 0. The van der Waals surface area contributed by atoms with Gasteiger partial charge in [-0.05, 0) is 69.8 Å². The molecule has 2 saturated heterocycles. The van der Waals surface area contributed by atoms with Crippen LogP contribution in [-0.2, 0) is 0 Å². The Morgan fingerprint density at radius 2 is 1.70 bits per heavy atom. The Bertz CT molecular complexity index is 614. The number of hydrogen-bond acceptors (Lipinski definition) is 4. The number of carbonyl (C=O) groups excluding carboxylic acids is 1. The first-order valence-corrected chi connectivity index (χ1v) is 10.7. The molecule has 2 aliphatic heterocycles. The number of nitrogens with zero attached hydrogens (tertiary/aromatic N) is 2. The molecule has 3 rings (SSSR count). The lowest BCUT2D eigenvalue weighted by Gasteiger charge is -2.37. The maximum absolute atomic E-state index is 13.1. The molecular weight excluding hydrogens is 340 g/mol. The minimum atomic E-state index is 0.113. The summed E-state index contributed by atoms with van der Waals surface area (Å²) in [7, 11) is 0. The van der Waals surface area contributed by atoms with E-state index in [4.69, 9.17) is 9.47 Å². The minimum absolute atomic E-state index is 0.113. The van der Waals surface area contributed by atoms with E-state index in [1.165, 1.54) is 32.4 Å². The summed E-state index contributed by atoms with van der Waals surface area (Å²) in [5.41, 5.74) is 0.701. The first-order chi connectivity index (χ1) is 13.2. The van der Waals surface area contributed by atoms with Gasteiger partial charge in [0, 0.05) is 24.7 Å². The highest BCUT2D eigenvalue weighted by Crippen LogP contribution is 2.30. The first kappa shape index (κ1) is 20.0. The van der Waals surface area contributed by atoms with Crippen molar-refractivity contribution < 1.29 is 14.3 Å². The number of ether oxygens (including phenoxy) is 2. The zero-order chi connectivity index (χ0) is 19.1. The van der Waals surface area contributed by atoms with Gasteiger partial charge in [0.2, 0.25) is 0 Å². The Balaban J connectivity index is 1.70. The topological polar surface area (TPSA) is 42.0 Å². The number of amides is 1. The second kappa shape index (κ2) is 9.98. The Morgan fingerprint density at radius 1 is 1.00 bits per heavy atom. The molecule has 1 unspecified atom stereocenters. The average Bonchev–Trinajstić information content (AvgIpc) is 3.25. The molecule has 5 heteroatoms. The van der Waals surface area contributed by atoms with Gasteiger partial charge in [-0.2, -0.15) is 0 Å². The lowest BCUT2D eigenvalue weighted by atomic mass is 10.0. The van der Waals surface area contributed by atoms with Crippen LogP contribution in [0.1, 0.15) is 62.7 Å². The highest BCUT2D eigenvalue weighted by molar-refractivity contribution is 5.95. The van der Waals surface area contributed by atoms with E-state index >= 15 is 0 Å². The Kier molecular flexibility index (Phi) is 7.39. The third-order valence-electron chi connectivity index (χ3n) is 5.45. The van der Waals surface area contributed by atoms with Gasteiger partial charge in [-0.1, -0.05) is 13.8 Å². The Labute approximate surface area is 163 Å². The van der Waals surface area contributed by atoms with Gasteiger partial charge in [-0.3, -0.25) is 9.69 Å². The fourth-order valence-electron chi connectivity index (χ4n) is 4.02. The van der Waals surface area contributed by atoms with Gasteiger partial charge in [-0.15, -0.1) is 0 Å². The van der Waals surface area contributed by atoms with E-state index < -0.39 is 0 Å². The molecule has 1 aromatic carbocycles. The monoisotopic (exact) mass is 374 g/mol. The molecule has 2 aliphatic rings. The van der Waals surface area contributed by atoms with Crippen LogP contribution in [0.5, 0.6) is 11.5 Å². The molecule has 0 aliphatic carbocycles. The summed E-state index contributed by atoms with van der Waals surface area (Å²) in [5.74, 6) is 1.53. The Hall–Kier alpha value is -1.75. The van der Waals surface area contributed by atoms with Crippen LogP contribution >= 0.6 is 0 Å². The van der Waals surface area contributed by atoms with Crippen molar-refractivity contribution in [2.24, 2.45) is 0 Å². The summed E-state index contributed by atoms with van der Waals surface area (Å²) in [6.07, 6.45) is 6.75. The summed E-state index contributed by atoms with van der Waals surface area (Å²) in [4.78, 5) is 17.7. The fourth-order valence-corrected chi connectivity index (χ4v) is 4.02. The van der Waals surface area contributed by atoms with Crippen molar-refractivity contribution in [3.63, 3.8) is 0 Å². The molecule has 1 aromatic rings. The second-order valence-corrected chi connectivity index (χ2v) is 7.65. The van der Waals surface area contributed by atoms with Crippen LogP contribution in [0.15, 0.2) is 18.2 Å². The molecule has 0 radical (unpaired) electrons. The molecule has 0 N–H and O–H groups in total. The summed E-state index contributed by atoms with van der Waals surface area (Å²) in [6, 6.07) is 6.15. The zero-order valence-electron chi connectivity index (χ0n) is 16.9. The van der Waals surface area contributed by atoms with Gasteiger partial charge in [0.05, 0.1) is 13.2 Å². The number of rotatable bonds is 8. The van der Waals surface area contributed by atoms with Crippen molar-refractivity contribution in [2.75, 3.05) is 39.4 Å². The molecule has 0 aromatic heterocycles. The third kappa shape index (κ3) is 5.16. The summed E-state index contributed by atoms with van der Waals surface area (Å²) in [6.45, 7) is 9.50. The molecule has 2 heterocycles. The predicted molar refractivity (Wildman–Crippen MR) is 108 cm³/mol. The van der Waals surface area contributed by atoms with Crippen LogP contribution in [-0.4, -0.2) is 61.1 Å². The molecular formula is C22H34N2O3. The number of hydrogen-bond donors (Lipinski definition) is 0. The SMILES string of the molecule is CCCOc1ccc(C(=O)N2CCCC(N3CCCC3)C2)cc1OCCC. The molecule has 150 valence electrons. The largest absolute Gasteiger partial charge is 0.490 e. The molecule has 1 amide bonds.